The van der Waals surface area contributed by atoms with E-state index in [4.69, 9.17) is 0 Å². The van der Waals surface area contributed by atoms with Crippen molar-refractivity contribution in [1.29, 1.82) is 0 Å². The highest BCUT2D eigenvalue weighted by Crippen LogP contribution is 2.30. The number of anilines is 6. The molecule has 3 N–H and O–H groups in total. The molecule has 0 amide bonds. The molecule has 1 aliphatic heterocycles. The molecule has 15 nitrogen and oxygen atoms in total. The van der Waals surface area contributed by atoms with E-state index >= 15 is 0 Å². The number of hydrogen-bond acceptors (Lipinski definition) is 13. The van der Waals surface area contributed by atoms with Crippen LogP contribution < -0.4 is 25.8 Å². The summed E-state index contributed by atoms with van der Waals surface area (Å²) in [4.78, 5) is 43.9. The molecule has 43 heavy (non-hydrogen) atoms. The van der Waals surface area contributed by atoms with Crippen LogP contribution in [0.4, 0.5) is 46.3 Å². The molecule has 1 saturated heterocycles. The SMILES string of the molecule is O=[N+]([O-])c1cnc(Nc2ccc(N3CCN(c4ncc([N+](=O)[O-])c(NC5CCCC5)n4)CC3)cc2)nc1NC1CCCC1. The summed E-state index contributed by atoms with van der Waals surface area (Å²) in [6, 6.07) is 8.26. The second-order valence-corrected chi connectivity index (χ2v) is 11.2. The van der Waals surface area contributed by atoms with Gasteiger partial charge in [0.15, 0.2) is 0 Å². The maximum absolute atomic E-state index is 11.6. The first-order valence-electron chi connectivity index (χ1n) is 14.9. The standard InChI is InChI=1S/C28H35N11O4/c40-38(41)23-17-29-27(34-25(23)31-19-5-1-2-6-19)33-21-9-11-22(12-10-21)36-13-15-37(16-14-36)28-30-18-24(39(42)43)26(35-28)32-20-7-3-4-8-20/h9-12,17-20H,1-8,13-16H2,(H,30,32,35)(H2,29,31,33,34). The van der Waals surface area contributed by atoms with Gasteiger partial charge in [0.05, 0.1) is 9.85 Å². The molecular weight excluding hydrogens is 554 g/mol. The second kappa shape index (κ2) is 12.6. The van der Waals surface area contributed by atoms with Crippen molar-refractivity contribution in [2.75, 3.05) is 51.9 Å². The smallest absolute Gasteiger partial charge is 0.329 e. The van der Waals surface area contributed by atoms with Crippen LogP contribution in [0.1, 0.15) is 51.4 Å². The van der Waals surface area contributed by atoms with Gasteiger partial charge in [0.2, 0.25) is 23.5 Å². The molecule has 1 aromatic carbocycles. The van der Waals surface area contributed by atoms with Gasteiger partial charge in [-0.1, -0.05) is 25.7 Å². The lowest BCUT2D eigenvalue weighted by Crippen LogP contribution is -2.47. The second-order valence-electron chi connectivity index (χ2n) is 11.2. The molecule has 3 aliphatic rings. The predicted molar refractivity (Wildman–Crippen MR) is 163 cm³/mol. The number of nitro groups is 2. The molecule has 2 aromatic heterocycles. The van der Waals surface area contributed by atoms with E-state index in [-0.39, 0.29) is 35.2 Å². The number of benzene rings is 1. The topological polar surface area (TPSA) is 180 Å². The Morgan fingerprint density at radius 2 is 1.21 bits per heavy atom. The molecule has 0 unspecified atom stereocenters. The Kier molecular flexibility index (Phi) is 8.29. The van der Waals surface area contributed by atoms with E-state index in [1.807, 2.05) is 24.3 Å². The molecule has 0 atom stereocenters. The summed E-state index contributed by atoms with van der Waals surface area (Å²) in [6.07, 6.45) is 10.9. The Hall–Kier alpha value is -4.82. The van der Waals surface area contributed by atoms with E-state index in [1.165, 1.54) is 12.4 Å². The fraction of sp³-hybridized carbons (Fsp3) is 0.500. The third kappa shape index (κ3) is 6.65. The van der Waals surface area contributed by atoms with Gasteiger partial charge in [-0.25, -0.2) is 9.97 Å². The normalized spacial score (nSPS) is 17.7. The van der Waals surface area contributed by atoms with Crippen LogP contribution >= 0.6 is 0 Å². The summed E-state index contributed by atoms with van der Waals surface area (Å²) in [5, 5.41) is 32.7. The summed E-state index contributed by atoms with van der Waals surface area (Å²) >= 11 is 0. The molecule has 15 heteroatoms. The van der Waals surface area contributed by atoms with Crippen LogP contribution in [0.2, 0.25) is 0 Å². The van der Waals surface area contributed by atoms with Gasteiger partial charge in [0.25, 0.3) is 0 Å². The van der Waals surface area contributed by atoms with E-state index < -0.39 is 9.85 Å². The van der Waals surface area contributed by atoms with E-state index in [0.29, 0.717) is 24.9 Å². The molecule has 0 radical (unpaired) electrons. The summed E-state index contributed by atoms with van der Waals surface area (Å²) in [7, 11) is 0. The van der Waals surface area contributed by atoms with Gasteiger partial charge in [-0.2, -0.15) is 9.97 Å². The van der Waals surface area contributed by atoms with Crippen LogP contribution in [-0.4, -0.2) is 68.0 Å². The average molecular weight is 590 g/mol. The first-order valence-corrected chi connectivity index (χ1v) is 14.9. The molecule has 3 aromatic rings. The zero-order valence-electron chi connectivity index (χ0n) is 23.8. The molecule has 226 valence electrons. The lowest BCUT2D eigenvalue weighted by molar-refractivity contribution is -0.384. The van der Waals surface area contributed by atoms with Crippen molar-refractivity contribution in [1.82, 2.24) is 19.9 Å². The van der Waals surface area contributed by atoms with Crippen molar-refractivity contribution in [3.8, 4) is 0 Å². The maximum atomic E-state index is 11.6. The highest BCUT2D eigenvalue weighted by molar-refractivity contribution is 5.63. The lowest BCUT2D eigenvalue weighted by atomic mass is 10.2. The molecule has 6 rings (SSSR count). The zero-order valence-corrected chi connectivity index (χ0v) is 23.8. The first-order chi connectivity index (χ1) is 20.9. The van der Waals surface area contributed by atoms with Gasteiger partial charge >= 0.3 is 11.4 Å². The van der Waals surface area contributed by atoms with Crippen LogP contribution in [0.3, 0.4) is 0 Å². The van der Waals surface area contributed by atoms with Crippen molar-refractivity contribution in [3.63, 3.8) is 0 Å². The van der Waals surface area contributed by atoms with Gasteiger partial charge in [-0.15, -0.1) is 0 Å². The maximum Gasteiger partial charge on any atom is 0.329 e. The molecule has 0 spiro atoms. The summed E-state index contributed by atoms with van der Waals surface area (Å²) < 4.78 is 0. The summed E-state index contributed by atoms with van der Waals surface area (Å²) in [5.41, 5.74) is 1.59. The number of nitrogens with one attached hydrogen (secondary N) is 3. The number of hydrogen-bond donors (Lipinski definition) is 3. The molecule has 2 aliphatic carbocycles. The minimum absolute atomic E-state index is 0.0941. The average Bonchev–Trinajstić information content (AvgIpc) is 3.72. The van der Waals surface area contributed by atoms with Crippen LogP contribution in [0.25, 0.3) is 0 Å². The Bertz CT molecular complexity index is 1450. The lowest BCUT2D eigenvalue weighted by Gasteiger charge is -2.36. The number of aromatic nitrogens is 4. The third-order valence-corrected chi connectivity index (χ3v) is 8.36. The van der Waals surface area contributed by atoms with Crippen LogP contribution in [-0.2, 0) is 0 Å². The summed E-state index contributed by atoms with van der Waals surface area (Å²) in [6.45, 7) is 2.82. The Balaban J connectivity index is 1.07. The van der Waals surface area contributed by atoms with Crippen molar-refractivity contribution >= 4 is 46.3 Å². The van der Waals surface area contributed by atoms with Crippen molar-refractivity contribution < 1.29 is 9.85 Å². The van der Waals surface area contributed by atoms with Gasteiger partial charge in [-0.3, -0.25) is 20.2 Å². The highest BCUT2D eigenvalue weighted by atomic mass is 16.6. The molecule has 3 heterocycles. The highest BCUT2D eigenvalue weighted by Gasteiger charge is 2.26. The van der Waals surface area contributed by atoms with Crippen LogP contribution in [0.5, 0.6) is 0 Å². The van der Waals surface area contributed by atoms with Gasteiger partial charge in [-0.05, 0) is 49.9 Å². The van der Waals surface area contributed by atoms with E-state index in [0.717, 1.165) is 75.8 Å². The van der Waals surface area contributed by atoms with Crippen molar-refractivity contribution in [2.24, 2.45) is 0 Å². The fourth-order valence-corrected chi connectivity index (χ4v) is 6.01. The predicted octanol–water partition coefficient (Wildman–Crippen LogP) is 4.86. The fourth-order valence-electron chi connectivity index (χ4n) is 6.01. The largest absolute Gasteiger partial charge is 0.368 e. The molecular formula is C28H35N11O4. The Labute approximate surface area is 248 Å². The molecule has 0 bridgehead atoms. The van der Waals surface area contributed by atoms with E-state index in [2.05, 4.69) is 45.7 Å². The third-order valence-electron chi connectivity index (χ3n) is 8.36. The monoisotopic (exact) mass is 589 g/mol. The summed E-state index contributed by atoms with van der Waals surface area (Å²) in [5.74, 6) is 1.32. The van der Waals surface area contributed by atoms with Crippen molar-refractivity contribution in [3.05, 3.63) is 56.9 Å². The quantitative estimate of drug-likeness (QED) is 0.216. The van der Waals surface area contributed by atoms with Crippen molar-refractivity contribution in [2.45, 2.75) is 63.5 Å². The molecule has 2 saturated carbocycles. The van der Waals surface area contributed by atoms with Gasteiger partial charge in [0, 0.05) is 49.6 Å². The number of nitrogens with zero attached hydrogens (tertiary/aromatic N) is 8. The van der Waals surface area contributed by atoms with Gasteiger partial charge < -0.3 is 25.8 Å². The number of piperazine rings is 1. The zero-order chi connectivity index (χ0) is 29.8. The Morgan fingerprint density at radius 1 is 0.698 bits per heavy atom. The molecule has 3 fully saturated rings. The van der Waals surface area contributed by atoms with Crippen LogP contribution in [0, 0.1) is 20.2 Å². The van der Waals surface area contributed by atoms with Gasteiger partial charge in [0.1, 0.15) is 12.4 Å². The minimum atomic E-state index is -0.463. The first kappa shape index (κ1) is 28.3. The van der Waals surface area contributed by atoms with E-state index in [1.54, 1.807) is 0 Å². The number of rotatable bonds is 10. The Morgan fingerprint density at radius 3 is 1.77 bits per heavy atom. The minimum Gasteiger partial charge on any atom is -0.368 e. The van der Waals surface area contributed by atoms with E-state index in [9.17, 15) is 20.2 Å². The van der Waals surface area contributed by atoms with Crippen LogP contribution in [0.15, 0.2) is 36.7 Å².